The van der Waals surface area contributed by atoms with Gasteiger partial charge in [-0.05, 0) is 37.1 Å². The maximum absolute atomic E-state index is 3.54. The Morgan fingerprint density at radius 2 is 1.86 bits per heavy atom. The van der Waals surface area contributed by atoms with E-state index >= 15 is 0 Å². The number of hydrogen-bond donors (Lipinski definition) is 1. The molecule has 0 fully saturated rings. The van der Waals surface area contributed by atoms with Crippen molar-refractivity contribution in [1.82, 2.24) is 5.32 Å². The molecule has 0 aliphatic rings. The summed E-state index contributed by atoms with van der Waals surface area (Å²) in [5.41, 5.74) is 1.38. The van der Waals surface area contributed by atoms with E-state index in [2.05, 4.69) is 59.4 Å². The Bertz CT molecular complexity index is 256. The van der Waals surface area contributed by atoms with Gasteiger partial charge >= 0.3 is 0 Å². The van der Waals surface area contributed by atoms with E-state index in [9.17, 15) is 0 Å². The minimum atomic E-state index is 0.503. The van der Waals surface area contributed by atoms with E-state index in [0.29, 0.717) is 6.04 Å². The lowest BCUT2D eigenvalue weighted by atomic mass is 10.0. The van der Waals surface area contributed by atoms with Crippen molar-refractivity contribution < 1.29 is 0 Å². The molecule has 0 saturated carbocycles. The van der Waals surface area contributed by atoms with Crippen molar-refractivity contribution in [2.45, 2.75) is 32.7 Å². The van der Waals surface area contributed by atoms with Gasteiger partial charge in [0.25, 0.3) is 0 Å². The highest BCUT2D eigenvalue weighted by molar-refractivity contribution is 9.10. The topological polar surface area (TPSA) is 12.0 Å². The zero-order valence-corrected chi connectivity index (χ0v) is 10.5. The first-order valence-corrected chi connectivity index (χ1v) is 6.06. The maximum Gasteiger partial charge on any atom is 0.0317 e. The van der Waals surface area contributed by atoms with Crippen molar-refractivity contribution in [3.63, 3.8) is 0 Å². The summed E-state index contributed by atoms with van der Waals surface area (Å²) in [6.45, 7) is 5.51. The third-order valence-corrected chi connectivity index (χ3v) is 2.85. The first-order valence-electron chi connectivity index (χ1n) is 5.26. The Hall–Kier alpha value is -0.340. The molecule has 1 nitrogen and oxygen atoms in total. The van der Waals surface area contributed by atoms with Crippen molar-refractivity contribution in [3.05, 3.63) is 34.3 Å². The fourth-order valence-electron chi connectivity index (χ4n) is 1.51. The largest absolute Gasteiger partial charge is 0.310 e. The molecule has 1 unspecified atom stereocenters. The average molecular weight is 256 g/mol. The Labute approximate surface area is 95.0 Å². The molecule has 1 atom stereocenters. The van der Waals surface area contributed by atoms with E-state index in [4.69, 9.17) is 0 Å². The predicted octanol–water partition coefficient (Wildman–Crippen LogP) is 3.90. The van der Waals surface area contributed by atoms with Gasteiger partial charge in [0.2, 0.25) is 0 Å². The van der Waals surface area contributed by atoms with Gasteiger partial charge in [0.05, 0.1) is 0 Å². The van der Waals surface area contributed by atoms with Gasteiger partial charge in [-0.25, -0.2) is 0 Å². The summed E-state index contributed by atoms with van der Waals surface area (Å²) in [6, 6.07) is 9.07. The van der Waals surface area contributed by atoms with Crippen LogP contribution >= 0.6 is 15.9 Å². The molecule has 1 aromatic rings. The second-order valence-corrected chi connectivity index (χ2v) is 4.38. The Morgan fingerprint density at radius 1 is 1.21 bits per heavy atom. The SMILES string of the molecule is CCCNC(CC)c1ccc(Br)cc1. The van der Waals surface area contributed by atoms with Gasteiger partial charge in [0.1, 0.15) is 0 Å². The molecule has 1 rings (SSSR count). The number of rotatable bonds is 5. The van der Waals surface area contributed by atoms with E-state index < -0.39 is 0 Å². The second kappa shape index (κ2) is 6.20. The number of hydrogen-bond acceptors (Lipinski definition) is 1. The van der Waals surface area contributed by atoms with Crippen LogP contribution in [-0.4, -0.2) is 6.54 Å². The molecule has 14 heavy (non-hydrogen) atoms. The standard InChI is InChI=1S/C12H18BrN/c1-3-9-14-12(4-2)10-5-7-11(13)8-6-10/h5-8,12,14H,3-4,9H2,1-2H3. The second-order valence-electron chi connectivity index (χ2n) is 3.47. The van der Waals surface area contributed by atoms with Crippen LogP contribution in [0.3, 0.4) is 0 Å². The maximum atomic E-state index is 3.54. The van der Waals surface area contributed by atoms with Gasteiger partial charge in [-0.3, -0.25) is 0 Å². The lowest BCUT2D eigenvalue weighted by Crippen LogP contribution is -2.21. The fraction of sp³-hybridized carbons (Fsp3) is 0.500. The van der Waals surface area contributed by atoms with Crippen molar-refractivity contribution in [1.29, 1.82) is 0 Å². The van der Waals surface area contributed by atoms with Crippen LogP contribution in [0.1, 0.15) is 38.3 Å². The average Bonchev–Trinajstić information content (AvgIpc) is 2.21. The number of nitrogens with one attached hydrogen (secondary N) is 1. The molecule has 0 bridgehead atoms. The van der Waals surface area contributed by atoms with Crippen LogP contribution < -0.4 is 5.32 Å². The minimum Gasteiger partial charge on any atom is -0.310 e. The molecule has 0 amide bonds. The summed E-state index contributed by atoms with van der Waals surface area (Å²) >= 11 is 3.45. The smallest absolute Gasteiger partial charge is 0.0317 e. The first kappa shape index (κ1) is 11.7. The van der Waals surface area contributed by atoms with Crippen molar-refractivity contribution >= 4 is 15.9 Å². The molecule has 0 aliphatic carbocycles. The molecule has 0 aliphatic heterocycles. The van der Waals surface area contributed by atoms with Crippen molar-refractivity contribution in [2.75, 3.05) is 6.54 Å². The molecule has 1 N–H and O–H groups in total. The van der Waals surface area contributed by atoms with Gasteiger partial charge < -0.3 is 5.32 Å². The molecule has 0 radical (unpaired) electrons. The molecule has 0 spiro atoms. The summed E-state index contributed by atoms with van der Waals surface area (Å²) in [5, 5.41) is 3.54. The highest BCUT2D eigenvalue weighted by Crippen LogP contribution is 2.19. The van der Waals surface area contributed by atoms with Crippen molar-refractivity contribution in [3.8, 4) is 0 Å². The van der Waals surface area contributed by atoms with Crippen LogP contribution in [0, 0.1) is 0 Å². The highest BCUT2D eigenvalue weighted by atomic mass is 79.9. The minimum absolute atomic E-state index is 0.503. The summed E-state index contributed by atoms with van der Waals surface area (Å²) < 4.78 is 1.14. The summed E-state index contributed by atoms with van der Waals surface area (Å²) in [7, 11) is 0. The molecule has 0 heterocycles. The molecular formula is C12H18BrN. The van der Waals surface area contributed by atoms with E-state index in [1.165, 1.54) is 12.0 Å². The summed E-state index contributed by atoms with van der Waals surface area (Å²) in [4.78, 5) is 0. The molecular weight excluding hydrogens is 238 g/mol. The summed E-state index contributed by atoms with van der Waals surface area (Å²) in [6.07, 6.45) is 2.33. The molecule has 0 aromatic heterocycles. The first-order chi connectivity index (χ1) is 6.77. The van der Waals surface area contributed by atoms with Crippen LogP contribution in [0.4, 0.5) is 0 Å². The van der Waals surface area contributed by atoms with Gasteiger partial charge in [0.15, 0.2) is 0 Å². The Kier molecular flexibility index (Phi) is 5.20. The Balaban J connectivity index is 2.64. The number of benzene rings is 1. The van der Waals surface area contributed by atoms with Crippen LogP contribution in [0.2, 0.25) is 0 Å². The van der Waals surface area contributed by atoms with Crippen LogP contribution in [0.5, 0.6) is 0 Å². The van der Waals surface area contributed by atoms with Crippen LogP contribution in [-0.2, 0) is 0 Å². The lowest BCUT2D eigenvalue weighted by Gasteiger charge is -2.16. The van der Waals surface area contributed by atoms with E-state index in [1.54, 1.807) is 0 Å². The van der Waals surface area contributed by atoms with Gasteiger partial charge in [-0.2, -0.15) is 0 Å². The van der Waals surface area contributed by atoms with E-state index in [1.807, 2.05) is 0 Å². The van der Waals surface area contributed by atoms with Gasteiger partial charge in [-0.15, -0.1) is 0 Å². The summed E-state index contributed by atoms with van der Waals surface area (Å²) in [5.74, 6) is 0. The zero-order valence-electron chi connectivity index (χ0n) is 8.89. The van der Waals surface area contributed by atoms with E-state index in [-0.39, 0.29) is 0 Å². The fourth-order valence-corrected chi connectivity index (χ4v) is 1.78. The normalized spacial score (nSPS) is 12.8. The van der Waals surface area contributed by atoms with Crippen LogP contribution in [0.15, 0.2) is 28.7 Å². The van der Waals surface area contributed by atoms with Gasteiger partial charge in [0, 0.05) is 10.5 Å². The van der Waals surface area contributed by atoms with Crippen LogP contribution in [0.25, 0.3) is 0 Å². The quantitative estimate of drug-likeness (QED) is 0.842. The lowest BCUT2D eigenvalue weighted by molar-refractivity contribution is 0.518. The Morgan fingerprint density at radius 3 is 2.36 bits per heavy atom. The molecule has 1 aromatic carbocycles. The molecule has 78 valence electrons. The number of halogens is 1. The third kappa shape index (κ3) is 3.43. The van der Waals surface area contributed by atoms with E-state index in [0.717, 1.165) is 17.4 Å². The highest BCUT2D eigenvalue weighted by Gasteiger charge is 2.06. The molecule has 2 heteroatoms. The monoisotopic (exact) mass is 255 g/mol. The molecule has 0 saturated heterocycles. The predicted molar refractivity (Wildman–Crippen MR) is 65.5 cm³/mol. The zero-order chi connectivity index (χ0) is 10.4. The van der Waals surface area contributed by atoms with Crippen molar-refractivity contribution in [2.24, 2.45) is 0 Å². The third-order valence-electron chi connectivity index (χ3n) is 2.32. The van der Waals surface area contributed by atoms with Gasteiger partial charge in [-0.1, -0.05) is 41.9 Å².